The Morgan fingerprint density at radius 2 is 1.93 bits per heavy atom. The molecule has 0 radical (unpaired) electrons. The number of carbonyl (C=O) groups excluding carboxylic acids is 1. The third kappa shape index (κ3) is 3.79. The van der Waals surface area contributed by atoms with E-state index in [0.29, 0.717) is 18.1 Å². The van der Waals surface area contributed by atoms with E-state index in [1.807, 2.05) is 30.3 Å². The van der Waals surface area contributed by atoms with Crippen molar-refractivity contribution in [1.29, 1.82) is 0 Å². The lowest BCUT2D eigenvalue weighted by Gasteiger charge is -2.05. The summed E-state index contributed by atoms with van der Waals surface area (Å²) in [6.07, 6.45) is 3.77. The number of benzene rings is 2. The Kier molecular flexibility index (Phi) is 4.78. The van der Waals surface area contributed by atoms with E-state index in [0.717, 1.165) is 29.7 Å². The summed E-state index contributed by atoms with van der Waals surface area (Å²) in [5, 5.41) is 0. The second kappa shape index (κ2) is 7.53. The first-order chi connectivity index (χ1) is 13.2. The summed E-state index contributed by atoms with van der Waals surface area (Å²) >= 11 is 0. The van der Waals surface area contributed by atoms with Gasteiger partial charge < -0.3 is 18.9 Å². The molecule has 0 saturated heterocycles. The van der Waals surface area contributed by atoms with Gasteiger partial charge in [-0.3, -0.25) is 0 Å². The first-order valence-electron chi connectivity index (χ1n) is 8.88. The second-order valence-corrected chi connectivity index (χ2v) is 6.18. The van der Waals surface area contributed by atoms with Gasteiger partial charge in [-0.1, -0.05) is 19.4 Å². The highest BCUT2D eigenvalue weighted by atomic mass is 16.7. The first kappa shape index (κ1) is 17.1. The SMILES string of the molecule is CCCCOc1ccc(C2=N/C(=C/c3ccc4c(c3)OCO4)C(=O)O2)cc1. The lowest BCUT2D eigenvalue weighted by molar-refractivity contribution is -0.129. The maximum Gasteiger partial charge on any atom is 0.363 e. The normalized spacial score (nSPS) is 16.4. The quantitative estimate of drug-likeness (QED) is 0.441. The van der Waals surface area contributed by atoms with Crippen LogP contribution in [0.15, 0.2) is 53.2 Å². The molecule has 0 aromatic heterocycles. The smallest absolute Gasteiger partial charge is 0.363 e. The highest BCUT2D eigenvalue weighted by Crippen LogP contribution is 2.33. The molecule has 138 valence electrons. The minimum Gasteiger partial charge on any atom is -0.494 e. The van der Waals surface area contributed by atoms with E-state index in [1.165, 1.54) is 0 Å². The molecule has 2 heterocycles. The van der Waals surface area contributed by atoms with Crippen molar-refractivity contribution < 1.29 is 23.7 Å². The fourth-order valence-corrected chi connectivity index (χ4v) is 2.72. The molecule has 0 unspecified atom stereocenters. The molecule has 0 fully saturated rings. The molecule has 0 bridgehead atoms. The van der Waals surface area contributed by atoms with Crippen LogP contribution in [-0.2, 0) is 9.53 Å². The van der Waals surface area contributed by atoms with Crippen LogP contribution in [0.5, 0.6) is 17.2 Å². The van der Waals surface area contributed by atoms with Gasteiger partial charge in [-0.05, 0) is 54.5 Å². The first-order valence-corrected chi connectivity index (χ1v) is 8.88. The molecule has 2 aliphatic heterocycles. The lowest BCUT2D eigenvalue weighted by Crippen LogP contribution is -2.05. The number of unbranched alkanes of at least 4 members (excludes halogenated alkanes) is 1. The van der Waals surface area contributed by atoms with Gasteiger partial charge in [0.1, 0.15) is 5.75 Å². The standard InChI is InChI=1S/C21H19NO5/c1-2-3-10-24-16-7-5-15(6-8-16)20-22-17(21(23)27-20)11-14-4-9-18-19(12-14)26-13-25-18/h4-9,11-12H,2-3,10,13H2,1H3/b17-11+. The van der Waals surface area contributed by atoms with Crippen LogP contribution in [0.3, 0.4) is 0 Å². The molecule has 0 saturated carbocycles. The number of aliphatic imine (C=N–C) groups is 1. The summed E-state index contributed by atoms with van der Waals surface area (Å²) in [5.41, 5.74) is 1.75. The van der Waals surface area contributed by atoms with Gasteiger partial charge in [0.15, 0.2) is 17.2 Å². The molecular weight excluding hydrogens is 346 g/mol. The van der Waals surface area contributed by atoms with Gasteiger partial charge in [-0.25, -0.2) is 9.79 Å². The van der Waals surface area contributed by atoms with E-state index < -0.39 is 5.97 Å². The number of esters is 1. The molecule has 0 aliphatic carbocycles. The van der Waals surface area contributed by atoms with Crippen LogP contribution in [0, 0.1) is 0 Å². The molecular formula is C21H19NO5. The molecule has 0 N–H and O–H groups in total. The van der Waals surface area contributed by atoms with Gasteiger partial charge in [0.25, 0.3) is 0 Å². The zero-order chi connectivity index (χ0) is 18.6. The van der Waals surface area contributed by atoms with E-state index in [-0.39, 0.29) is 18.4 Å². The number of cyclic esters (lactones) is 1. The molecule has 4 rings (SSSR count). The highest BCUT2D eigenvalue weighted by Gasteiger charge is 2.24. The molecule has 0 atom stereocenters. The largest absolute Gasteiger partial charge is 0.494 e. The van der Waals surface area contributed by atoms with Crippen LogP contribution < -0.4 is 14.2 Å². The predicted molar refractivity (Wildman–Crippen MR) is 100 cm³/mol. The Labute approximate surface area is 157 Å². The minimum absolute atomic E-state index is 0.206. The fraction of sp³-hybridized carbons (Fsp3) is 0.238. The number of fused-ring (bicyclic) bond motifs is 1. The van der Waals surface area contributed by atoms with Crippen molar-refractivity contribution in [3.8, 4) is 17.2 Å². The van der Waals surface area contributed by atoms with Crippen LogP contribution in [0.25, 0.3) is 6.08 Å². The Bertz CT molecular complexity index is 915. The molecule has 0 amide bonds. The Morgan fingerprint density at radius 1 is 1.11 bits per heavy atom. The number of hydrogen-bond donors (Lipinski definition) is 0. The van der Waals surface area contributed by atoms with Gasteiger partial charge in [0, 0.05) is 5.56 Å². The number of hydrogen-bond acceptors (Lipinski definition) is 6. The topological polar surface area (TPSA) is 66.3 Å². The third-order valence-electron chi connectivity index (χ3n) is 4.19. The van der Waals surface area contributed by atoms with E-state index in [1.54, 1.807) is 18.2 Å². The Hall–Kier alpha value is -3.28. The van der Waals surface area contributed by atoms with Crippen LogP contribution in [-0.4, -0.2) is 25.3 Å². The zero-order valence-electron chi connectivity index (χ0n) is 14.9. The molecule has 2 aromatic carbocycles. The number of carbonyl (C=O) groups is 1. The maximum atomic E-state index is 12.2. The monoisotopic (exact) mass is 365 g/mol. The van der Waals surface area contributed by atoms with Crippen molar-refractivity contribution in [2.24, 2.45) is 4.99 Å². The van der Waals surface area contributed by atoms with Crippen molar-refractivity contribution >= 4 is 17.9 Å². The molecule has 2 aromatic rings. The van der Waals surface area contributed by atoms with Gasteiger partial charge in [0.05, 0.1) is 6.61 Å². The van der Waals surface area contributed by atoms with E-state index in [9.17, 15) is 4.79 Å². The maximum absolute atomic E-state index is 12.2. The number of rotatable bonds is 6. The van der Waals surface area contributed by atoms with E-state index in [4.69, 9.17) is 18.9 Å². The molecule has 2 aliphatic rings. The van der Waals surface area contributed by atoms with Crippen molar-refractivity contribution in [3.05, 3.63) is 59.3 Å². The number of nitrogens with zero attached hydrogens (tertiary/aromatic N) is 1. The summed E-state index contributed by atoms with van der Waals surface area (Å²) in [6, 6.07) is 12.8. The molecule has 27 heavy (non-hydrogen) atoms. The van der Waals surface area contributed by atoms with E-state index in [2.05, 4.69) is 11.9 Å². The molecule has 6 nitrogen and oxygen atoms in total. The average molecular weight is 365 g/mol. The third-order valence-corrected chi connectivity index (χ3v) is 4.19. The summed E-state index contributed by atoms with van der Waals surface area (Å²) in [6.45, 7) is 3.01. The van der Waals surface area contributed by atoms with Gasteiger partial charge in [-0.2, -0.15) is 0 Å². The predicted octanol–water partition coefficient (Wildman–Crippen LogP) is 3.94. The van der Waals surface area contributed by atoms with Gasteiger partial charge >= 0.3 is 5.97 Å². The second-order valence-electron chi connectivity index (χ2n) is 6.18. The minimum atomic E-state index is -0.481. The molecule has 6 heteroatoms. The number of ether oxygens (including phenoxy) is 4. The van der Waals surface area contributed by atoms with Crippen molar-refractivity contribution in [1.82, 2.24) is 0 Å². The van der Waals surface area contributed by atoms with Gasteiger partial charge in [0.2, 0.25) is 12.7 Å². The van der Waals surface area contributed by atoms with Crippen molar-refractivity contribution in [3.63, 3.8) is 0 Å². The van der Waals surface area contributed by atoms with Gasteiger partial charge in [-0.15, -0.1) is 0 Å². The van der Waals surface area contributed by atoms with Crippen molar-refractivity contribution in [2.45, 2.75) is 19.8 Å². The summed E-state index contributed by atoms with van der Waals surface area (Å²) < 4.78 is 21.6. The summed E-state index contributed by atoms with van der Waals surface area (Å²) in [4.78, 5) is 16.5. The van der Waals surface area contributed by atoms with Crippen LogP contribution in [0.1, 0.15) is 30.9 Å². The Balaban J connectivity index is 1.51. The van der Waals surface area contributed by atoms with Crippen molar-refractivity contribution in [2.75, 3.05) is 13.4 Å². The van der Waals surface area contributed by atoms with Crippen LogP contribution in [0.2, 0.25) is 0 Å². The summed E-state index contributed by atoms with van der Waals surface area (Å²) in [7, 11) is 0. The lowest BCUT2D eigenvalue weighted by atomic mass is 10.1. The fourth-order valence-electron chi connectivity index (χ4n) is 2.72. The zero-order valence-corrected chi connectivity index (χ0v) is 14.9. The van der Waals surface area contributed by atoms with Crippen LogP contribution >= 0.6 is 0 Å². The summed E-state index contributed by atoms with van der Waals surface area (Å²) in [5.74, 6) is 1.93. The van der Waals surface area contributed by atoms with Crippen LogP contribution in [0.4, 0.5) is 0 Å². The Morgan fingerprint density at radius 3 is 2.74 bits per heavy atom. The molecule has 0 spiro atoms. The van der Waals surface area contributed by atoms with E-state index >= 15 is 0 Å². The average Bonchev–Trinajstić information content (AvgIpc) is 3.29. The highest BCUT2D eigenvalue weighted by molar-refractivity contribution is 6.12.